The summed E-state index contributed by atoms with van der Waals surface area (Å²) in [7, 11) is -2.39. The van der Waals surface area contributed by atoms with Gasteiger partial charge in [0.15, 0.2) is 8.32 Å². The number of esters is 2. The van der Waals surface area contributed by atoms with Crippen molar-refractivity contribution >= 4 is 20.3 Å². The molecule has 0 aliphatic carbocycles. The average Bonchev–Trinajstić information content (AvgIpc) is 2.75. The highest BCUT2D eigenvalue weighted by atomic mass is 28.4. The topological polar surface area (TPSA) is 82.1 Å². The fraction of sp³-hybridized carbons (Fsp3) is 0.625. The lowest BCUT2D eigenvalue weighted by Crippen LogP contribution is -2.54. The number of hydrogen-bond donors (Lipinski definition) is 1. The van der Waals surface area contributed by atoms with Gasteiger partial charge in [-0.15, -0.1) is 0 Å². The summed E-state index contributed by atoms with van der Waals surface area (Å²) < 4.78 is 16.0. The van der Waals surface area contributed by atoms with E-state index in [1.807, 2.05) is 33.9 Å². The van der Waals surface area contributed by atoms with Gasteiger partial charge in [-0.05, 0) is 31.1 Å². The number of rotatable bonds is 6. The highest BCUT2D eigenvalue weighted by Gasteiger charge is 2.51. The van der Waals surface area contributed by atoms with Crippen LogP contribution in [0.2, 0.25) is 18.1 Å². The van der Waals surface area contributed by atoms with Crippen LogP contribution in [0.3, 0.4) is 0 Å². The van der Waals surface area contributed by atoms with Crippen LogP contribution in [0.15, 0.2) is 24.3 Å². The van der Waals surface area contributed by atoms with Crippen molar-refractivity contribution in [2.75, 3.05) is 6.61 Å². The summed E-state index contributed by atoms with van der Waals surface area (Å²) in [5.41, 5.74) is -0.0847. The summed E-state index contributed by atoms with van der Waals surface area (Å²) in [5.74, 6) is -3.45. The monoisotopic (exact) mass is 342 g/mol. The molecule has 7 heteroatoms. The Morgan fingerprint density at radius 3 is 2.43 bits per heavy atom. The third-order valence-corrected chi connectivity index (χ3v) is 8.61. The Balaban J connectivity index is 3.18. The number of carbonyl (C=O) groups excluding carboxylic acids is 2. The second-order valence-electron chi connectivity index (χ2n) is 7.01. The number of hydrogen-bond acceptors (Lipinski definition) is 6. The zero-order valence-electron chi connectivity index (χ0n) is 14.6. The molecule has 0 saturated heterocycles. The first-order valence-corrected chi connectivity index (χ1v) is 10.4. The Bertz CT molecular complexity index is 531. The Morgan fingerprint density at radius 2 is 2.04 bits per heavy atom. The van der Waals surface area contributed by atoms with E-state index < -0.39 is 32.1 Å². The number of carbonyl (C=O) groups is 2. The normalized spacial score (nSPS) is 22.7. The molecule has 1 aliphatic rings. The van der Waals surface area contributed by atoms with Crippen molar-refractivity contribution in [2.45, 2.75) is 57.7 Å². The van der Waals surface area contributed by atoms with Crippen molar-refractivity contribution in [3.05, 3.63) is 24.3 Å². The molecule has 130 valence electrons. The smallest absolute Gasteiger partial charge is 0.336 e. The highest BCUT2D eigenvalue weighted by Crippen LogP contribution is 2.40. The molecule has 0 aromatic rings. The van der Waals surface area contributed by atoms with Gasteiger partial charge in [-0.25, -0.2) is 9.59 Å². The zero-order valence-corrected chi connectivity index (χ0v) is 15.6. The summed E-state index contributed by atoms with van der Waals surface area (Å²) >= 11 is 0. The molecule has 0 radical (unpaired) electrons. The summed E-state index contributed by atoms with van der Waals surface area (Å²) in [6.45, 7) is 15.5. The number of ether oxygens (including phenoxy) is 2. The van der Waals surface area contributed by atoms with Crippen molar-refractivity contribution in [1.82, 2.24) is 0 Å². The Labute approximate surface area is 138 Å². The number of aliphatic hydroxyl groups is 1. The van der Waals surface area contributed by atoms with Crippen molar-refractivity contribution in [2.24, 2.45) is 0 Å². The van der Waals surface area contributed by atoms with Gasteiger partial charge in [0.1, 0.15) is 6.10 Å². The summed E-state index contributed by atoms with van der Waals surface area (Å²) in [4.78, 5) is 23.4. The lowest BCUT2D eigenvalue weighted by Gasteiger charge is -2.42. The molecule has 1 N–H and O–H groups in total. The van der Waals surface area contributed by atoms with Gasteiger partial charge < -0.3 is 19.0 Å². The predicted molar refractivity (Wildman–Crippen MR) is 88.0 cm³/mol. The first-order chi connectivity index (χ1) is 10.3. The maximum atomic E-state index is 12.0. The molecule has 0 fully saturated rings. The molecule has 1 heterocycles. The van der Waals surface area contributed by atoms with Crippen LogP contribution in [0, 0.1) is 0 Å². The highest BCUT2D eigenvalue weighted by molar-refractivity contribution is 6.74. The minimum Gasteiger partial charge on any atom is -0.463 e. The van der Waals surface area contributed by atoms with Crippen LogP contribution in [-0.2, 0) is 23.5 Å². The van der Waals surface area contributed by atoms with Gasteiger partial charge in [0.2, 0.25) is 0 Å². The van der Waals surface area contributed by atoms with E-state index in [0.29, 0.717) is 0 Å². The second-order valence-corrected chi connectivity index (χ2v) is 11.8. The number of cyclic esters (lactones) is 1. The van der Waals surface area contributed by atoms with E-state index in [1.165, 1.54) is 6.08 Å². The molecule has 0 aromatic carbocycles. The molecular formula is C16H26O6Si. The minimum atomic E-state index is -2.39. The van der Waals surface area contributed by atoms with Crippen LogP contribution in [0.5, 0.6) is 0 Å². The van der Waals surface area contributed by atoms with Crippen LogP contribution in [0.25, 0.3) is 0 Å². The third-order valence-electron chi connectivity index (χ3n) is 4.17. The molecule has 0 bridgehead atoms. The Morgan fingerprint density at radius 1 is 1.48 bits per heavy atom. The lowest BCUT2D eigenvalue weighted by molar-refractivity contribution is -0.203. The van der Waals surface area contributed by atoms with Gasteiger partial charge in [0.25, 0.3) is 5.79 Å². The van der Waals surface area contributed by atoms with E-state index in [-0.39, 0.29) is 17.2 Å². The van der Waals surface area contributed by atoms with Crippen molar-refractivity contribution < 1.29 is 28.6 Å². The zero-order chi connectivity index (χ0) is 18.1. The second kappa shape index (κ2) is 6.58. The van der Waals surface area contributed by atoms with Crippen LogP contribution in [0.4, 0.5) is 0 Å². The fourth-order valence-corrected chi connectivity index (χ4v) is 3.02. The van der Waals surface area contributed by atoms with E-state index >= 15 is 0 Å². The summed E-state index contributed by atoms with van der Waals surface area (Å²) in [6, 6.07) is 0. The summed E-state index contributed by atoms with van der Waals surface area (Å²) in [5, 5.41) is 10.5. The van der Waals surface area contributed by atoms with E-state index in [1.54, 1.807) is 6.92 Å². The van der Waals surface area contributed by atoms with Gasteiger partial charge >= 0.3 is 11.9 Å². The van der Waals surface area contributed by atoms with Crippen LogP contribution in [-0.4, -0.2) is 43.9 Å². The largest absolute Gasteiger partial charge is 0.463 e. The Hall–Kier alpha value is -1.44. The van der Waals surface area contributed by atoms with Gasteiger partial charge in [-0.2, -0.15) is 0 Å². The molecule has 0 aromatic heterocycles. The van der Waals surface area contributed by atoms with Crippen molar-refractivity contribution in [1.29, 1.82) is 0 Å². The van der Waals surface area contributed by atoms with Gasteiger partial charge in [-0.1, -0.05) is 27.4 Å². The molecule has 23 heavy (non-hydrogen) atoms. The van der Waals surface area contributed by atoms with Gasteiger partial charge in [0, 0.05) is 6.08 Å². The molecular weight excluding hydrogens is 316 g/mol. The first-order valence-electron chi connectivity index (χ1n) is 7.52. The SMILES string of the molecule is C=C(C(=O)OCC)C(O[Si](C)(C)C(C)(C)C)C1(O)C=CC(=O)O1. The van der Waals surface area contributed by atoms with Crippen LogP contribution < -0.4 is 0 Å². The van der Waals surface area contributed by atoms with Crippen LogP contribution >= 0.6 is 0 Å². The van der Waals surface area contributed by atoms with E-state index in [4.69, 9.17) is 13.9 Å². The maximum Gasteiger partial charge on any atom is 0.336 e. The molecule has 0 saturated carbocycles. The molecule has 0 amide bonds. The molecule has 1 aliphatic heterocycles. The molecule has 0 spiro atoms. The third kappa shape index (κ3) is 4.30. The quantitative estimate of drug-likeness (QED) is 0.453. The summed E-state index contributed by atoms with van der Waals surface area (Å²) in [6.07, 6.45) is 1.06. The maximum absolute atomic E-state index is 12.0. The van der Waals surface area contributed by atoms with Crippen molar-refractivity contribution in [3.63, 3.8) is 0 Å². The lowest BCUT2D eigenvalue weighted by atomic mass is 10.0. The van der Waals surface area contributed by atoms with E-state index in [0.717, 1.165) is 6.08 Å². The Kier molecular flexibility index (Phi) is 5.61. The average molecular weight is 342 g/mol. The molecule has 1 rings (SSSR count). The molecule has 2 atom stereocenters. The van der Waals surface area contributed by atoms with Crippen LogP contribution in [0.1, 0.15) is 27.7 Å². The predicted octanol–water partition coefficient (Wildman–Crippen LogP) is 2.30. The van der Waals surface area contributed by atoms with Gasteiger partial charge in [-0.3, -0.25) is 0 Å². The fourth-order valence-electron chi connectivity index (χ4n) is 1.76. The van der Waals surface area contributed by atoms with E-state index in [2.05, 4.69) is 6.58 Å². The van der Waals surface area contributed by atoms with E-state index in [9.17, 15) is 14.7 Å². The molecule has 2 unspecified atom stereocenters. The van der Waals surface area contributed by atoms with Crippen molar-refractivity contribution in [3.8, 4) is 0 Å². The minimum absolute atomic E-state index is 0.0847. The molecule has 6 nitrogen and oxygen atoms in total. The standard InChI is InChI=1S/C16H26O6Si/c1-8-20-14(18)11(2)13(16(19)10-9-12(17)21-16)22-23(6,7)15(3,4)5/h9-10,13,19H,2,8H2,1,3-7H3. The first kappa shape index (κ1) is 19.6. The van der Waals surface area contributed by atoms with Gasteiger partial charge in [0.05, 0.1) is 12.2 Å².